The molecule has 0 aromatic carbocycles. The number of hydrogen-bond acceptors (Lipinski definition) is 4. The van der Waals surface area contributed by atoms with E-state index < -0.39 is 48.2 Å². The van der Waals surface area contributed by atoms with Crippen molar-refractivity contribution in [3.05, 3.63) is 0 Å². The fourth-order valence-electron chi connectivity index (χ4n) is 2.59. The number of nitrogens with one attached hydrogen (secondary N) is 3. The van der Waals surface area contributed by atoms with Gasteiger partial charge in [0, 0.05) is 0 Å². The number of carboxylic acids is 1. The Kier molecular flexibility index (Phi) is 7.18. The third kappa shape index (κ3) is 6.17. The molecule has 1 unspecified atom stereocenters. The average molecular weight is 341 g/mol. The molecule has 1 fully saturated rings. The molecule has 1 rings (SSSR count). The van der Waals surface area contributed by atoms with Gasteiger partial charge in [0.1, 0.15) is 18.1 Å². The molecular weight excluding hydrogens is 314 g/mol. The largest absolute Gasteiger partial charge is 0.480 e. The lowest BCUT2D eigenvalue weighted by Crippen LogP contribution is -2.59. The summed E-state index contributed by atoms with van der Waals surface area (Å²) in [5.41, 5.74) is 0. The Morgan fingerprint density at radius 3 is 1.88 bits per heavy atom. The zero-order chi connectivity index (χ0) is 18.4. The molecule has 3 atom stereocenters. The molecule has 1 saturated heterocycles. The van der Waals surface area contributed by atoms with E-state index in [9.17, 15) is 24.3 Å². The molecule has 8 heteroatoms. The van der Waals surface area contributed by atoms with Crippen molar-refractivity contribution < 1.29 is 24.3 Å². The van der Waals surface area contributed by atoms with E-state index in [0.717, 1.165) is 0 Å². The van der Waals surface area contributed by atoms with E-state index in [2.05, 4.69) is 16.0 Å². The molecule has 24 heavy (non-hydrogen) atoms. The molecule has 0 radical (unpaired) electrons. The SMILES string of the molecule is CC(C)C[C@@H]1NC(=O)CC(C(=O)O)NC(=O)[C@H](CC(C)C)NC1=O. The first-order valence-corrected chi connectivity index (χ1v) is 8.23. The molecule has 0 bridgehead atoms. The standard InChI is InChI=1S/C16H27N3O5/c1-8(2)5-10-14(21)18-11(6-9(3)4)15(22)19-12(16(23)24)7-13(20)17-10/h8-12H,5-7H2,1-4H3,(H,17,20)(H,18,21)(H,19,22)(H,23,24)/t10-,11-,12?/m0/s1. The van der Waals surface area contributed by atoms with Gasteiger partial charge in [0.15, 0.2) is 0 Å². The second kappa shape index (κ2) is 8.65. The third-order valence-electron chi connectivity index (χ3n) is 3.70. The van der Waals surface area contributed by atoms with Crippen molar-refractivity contribution in [1.82, 2.24) is 16.0 Å². The van der Waals surface area contributed by atoms with Crippen LogP contribution in [0.4, 0.5) is 0 Å². The highest BCUT2D eigenvalue weighted by Crippen LogP contribution is 2.11. The summed E-state index contributed by atoms with van der Waals surface area (Å²) in [5.74, 6) is -2.59. The molecular formula is C16H27N3O5. The predicted molar refractivity (Wildman–Crippen MR) is 87.0 cm³/mol. The Bertz CT molecular complexity index is 504. The number of hydrogen-bond donors (Lipinski definition) is 4. The van der Waals surface area contributed by atoms with Gasteiger partial charge in [-0.3, -0.25) is 14.4 Å². The lowest BCUT2D eigenvalue weighted by molar-refractivity contribution is -0.145. The van der Waals surface area contributed by atoms with Crippen molar-refractivity contribution in [2.24, 2.45) is 11.8 Å². The second-order valence-corrected chi connectivity index (χ2v) is 7.04. The van der Waals surface area contributed by atoms with E-state index in [1.165, 1.54) is 0 Å². The summed E-state index contributed by atoms with van der Waals surface area (Å²) in [4.78, 5) is 48.1. The van der Waals surface area contributed by atoms with E-state index in [1.54, 1.807) is 0 Å². The first-order chi connectivity index (χ1) is 11.1. The van der Waals surface area contributed by atoms with Crippen LogP contribution in [0.2, 0.25) is 0 Å². The molecule has 0 aliphatic carbocycles. The first-order valence-electron chi connectivity index (χ1n) is 8.23. The van der Waals surface area contributed by atoms with Crippen molar-refractivity contribution in [1.29, 1.82) is 0 Å². The van der Waals surface area contributed by atoms with Crippen LogP contribution in [-0.4, -0.2) is 46.9 Å². The van der Waals surface area contributed by atoms with Gasteiger partial charge in [0.2, 0.25) is 17.7 Å². The molecule has 8 nitrogen and oxygen atoms in total. The van der Waals surface area contributed by atoms with Gasteiger partial charge in [0.25, 0.3) is 0 Å². The first kappa shape index (κ1) is 19.9. The highest BCUT2D eigenvalue weighted by Gasteiger charge is 2.33. The van der Waals surface area contributed by atoms with Crippen LogP contribution in [0.25, 0.3) is 0 Å². The minimum absolute atomic E-state index is 0.130. The van der Waals surface area contributed by atoms with Gasteiger partial charge < -0.3 is 21.1 Å². The highest BCUT2D eigenvalue weighted by molar-refractivity contribution is 5.96. The van der Waals surface area contributed by atoms with Gasteiger partial charge in [-0.2, -0.15) is 0 Å². The number of carbonyl (C=O) groups is 4. The smallest absolute Gasteiger partial charge is 0.326 e. The summed E-state index contributed by atoms with van der Waals surface area (Å²) < 4.78 is 0. The van der Waals surface area contributed by atoms with Gasteiger partial charge in [-0.1, -0.05) is 27.7 Å². The number of amides is 3. The number of carbonyl (C=O) groups excluding carboxylic acids is 3. The minimum Gasteiger partial charge on any atom is -0.480 e. The predicted octanol–water partition coefficient (Wildman–Crippen LogP) is 0.0213. The maximum Gasteiger partial charge on any atom is 0.326 e. The van der Waals surface area contributed by atoms with E-state index in [0.29, 0.717) is 12.8 Å². The second-order valence-electron chi connectivity index (χ2n) is 7.04. The molecule has 0 aromatic rings. The molecule has 1 heterocycles. The molecule has 0 saturated carbocycles. The van der Waals surface area contributed by atoms with Crippen LogP contribution in [0.5, 0.6) is 0 Å². The quantitative estimate of drug-likeness (QED) is 0.561. The minimum atomic E-state index is -1.32. The maximum atomic E-state index is 12.4. The molecule has 1 aliphatic rings. The molecule has 1 aliphatic heterocycles. The third-order valence-corrected chi connectivity index (χ3v) is 3.70. The monoisotopic (exact) mass is 341 g/mol. The normalized spacial score (nSPS) is 25.9. The summed E-state index contributed by atoms with van der Waals surface area (Å²) in [6, 6.07) is -2.93. The molecule has 0 spiro atoms. The van der Waals surface area contributed by atoms with Gasteiger partial charge in [-0.05, 0) is 24.7 Å². The average Bonchev–Trinajstić information content (AvgIpc) is 2.42. The topological polar surface area (TPSA) is 125 Å². The Morgan fingerprint density at radius 1 is 0.958 bits per heavy atom. The molecule has 3 amide bonds. The zero-order valence-corrected chi connectivity index (χ0v) is 14.6. The summed E-state index contributed by atoms with van der Waals surface area (Å²) in [6.45, 7) is 7.63. The van der Waals surface area contributed by atoms with Crippen molar-refractivity contribution in [3.8, 4) is 0 Å². The van der Waals surface area contributed by atoms with E-state index >= 15 is 0 Å². The number of rotatable bonds is 5. The van der Waals surface area contributed by atoms with Gasteiger partial charge in [-0.15, -0.1) is 0 Å². The maximum absolute atomic E-state index is 12.4. The molecule has 4 N–H and O–H groups in total. The summed E-state index contributed by atoms with van der Waals surface area (Å²) >= 11 is 0. The summed E-state index contributed by atoms with van der Waals surface area (Å²) in [6.07, 6.45) is 0.384. The van der Waals surface area contributed by atoms with Crippen LogP contribution in [0.1, 0.15) is 47.0 Å². The van der Waals surface area contributed by atoms with Crippen LogP contribution in [-0.2, 0) is 19.2 Å². The Morgan fingerprint density at radius 2 is 1.42 bits per heavy atom. The fourth-order valence-corrected chi connectivity index (χ4v) is 2.59. The summed E-state index contributed by atoms with van der Waals surface area (Å²) in [7, 11) is 0. The van der Waals surface area contributed by atoms with Crippen molar-refractivity contribution in [2.45, 2.75) is 65.1 Å². The highest BCUT2D eigenvalue weighted by atomic mass is 16.4. The van der Waals surface area contributed by atoms with E-state index in [-0.39, 0.29) is 11.8 Å². The summed E-state index contributed by atoms with van der Waals surface area (Å²) in [5, 5.41) is 16.8. The van der Waals surface area contributed by atoms with Crippen LogP contribution >= 0.6 is 0 Å². The van der Waals surface area contributed by atoms with E-state index in [1.807, 2.05) is 27.7 Å². The Hall–Kier alpha value is -2.12. The van der Waals surface area contributed by atoms with E-state index in [4.69, 9.17) is 0 Å². The van der Waals surface area contributed by atoms with Gasteiger partial charge >= 0.3 is 5.97 Å². The van der Waals surface area contributed by atoms with Crippen LogP contribution < -0.4 is 16.0 Å². The lowest BCUT2D eigenvalue weighted by Gasteiger charge is -2.28. The van der Waals surface area contributed by atoms with Crippen LogP contribution in [0.15, 0.2) is 0 Å². The number of carboxylic acid groups (broad SMARTS) is 1. The van der Waals surface area contributed by atoms with Crippen molar-refractivity contribution in [2.75, 3.05) is 0 Å². The van der Waals surface area contributed by atoms with Gasteiger partial charge in [0.05, 0.1) is 6.42 Å². The zero-order valence-electron chi connectivity index (χ0n) is 14.6. The Labute approximate surface area is 141 Å². The molecule has 136 valence electrons. The van der Waals surface area contributed by atoms with Gasteiger partial charge in [-0.25, -0.2) is 4.79 Å². The lowest BCUT2D eigenvalue weighted by atomic mass is 9.98. The van der Waals surface area contributed by atoms with Crippen molar-refractivity contribution in [3.63, 3.8) is 0 Å². The van der Waals surface area contributed by atoms with Crippen LogP contribution in [0, 0.1) is 11.8 Å². The molecule has 0 aromatic heterocycles. The van der Waals surface area contributed by atoms with Crippen LogP contribution in [0.3, 0.4) is 0 Å². The fraction of sp³-hybridized carbons (Fsp3) is 0.750. The number of aliphatic carboxylic acids is 1. The van der Waals surface area contributed by atoms with Crippen molar-refractivity contribution >= 4 is 23.7 Å². The Balaban J connectivity index is 3.07.